The number of hydrogen-bond donors (Lipinski definition) is 1. The Kier molecular flexibility index (Phi) is 5.95. The van der Waals surface area contributed by atoms with Gasteiger partial charge in [0.05, 0.1) is 23.0 Å². The minimum absolute atomic E-state index is 0.177. The molecule has 0 saturated heterocycles. The molecule has 1 heterocycles. The first kappa shape index (κ1) is 14.5. The summed E-state index contributed by atoms with van der Waals surface area (Å²) in [5.41, 5.74) is 1.93. The second kappa shape index (κ2) is 6.99. The van der Waals surface area contributed by atoms with E-state index < -0.39 is 0 Å². The van der Waals surface area contributed by atoms with Gasteiger partial charge < -0.3 is 5.11 Å². The normalized spacial score (nSPS) is 11.4. The number of nitrogens with zero attached hydrogens (tertiary/aromatic N) is 3. The summed E-state index contributed by atoms with van der Waals surface area (Å²) >= 11 is 6.26. The number of hydrogen-bond acceptors (Lipinski definition) is 3. The third kappa shape index (κ3) is 3.69. The molecule has 0 fully saturated rings. The molecule has 98 valence electrons. The summed E-state index contributed by atoms with van der Waals surface area (Å²) in [5.74, 6) is 0. The standard InChI is InChI=1S/C12H22ClN3O/c1-4-6-15(7-8-17)9-11-12(13)10(3)14-16(11)5-2/h17H,4-9H2,1-3H3. The Morgan fingerprint density at radius 3 is 2.59 bits per heavy atom. The predicted octanol–water partition coefficient (Wildman–Crippen LogP) is 2.07. The number of aliphatic hydroxyl groups is 1. The molecule has 17 heavy (non-hydrogen) atoms. The number of aryl methyl sites for hydroxylation is 2. The van der Waals surface area contributed by atoms with Crippen molar-refractivity contribution in [3.05, 3.63) is 16.4 Å². The summed E-state index contributed by atoms with van der Waals surface area (Å²) < 4.78 is 1.94. The molecule has 1 aromatic heterocycles. The van der Waals surface area contributed by atoms with Crippen LogP contribution in [0.4, 0.5) is 0 Å². The molecule has 0 aliphatic heterocycles. The van der Waals surface area contributed by atoms with Crippen LogP contribution in [0, 0.1) is 6.92 Å². The van der Waals surface area contributed by atoms with Crippen molar-refractivity contribution >= 4 is 11.6 Å². The summed E-state index contributed by atoms with van der Waals surface area (Å²) in [5, 5.41) is 14.2. The van der Waals surface area contributed by atoms with E-state index in [9.17, 15) is 0 Å². The molecule has 0 aliphatic carbocycles. The molecule has 0 saturated carbocycles. The van der Waals surface area contributed by atoms with E-state index in [1.54, 1.807) is 0 Å². The van der Waals surface area contributed by atoms with E-state index >= 15 is 0 Å². The van der Waals surface area contributed by atoms with Gasteiger partial charge in [-0.3, -0.25) is 9.58 Å². The monoisotopic (exact) mass is 259 g/mol. The summed E-state index contributed by atoms with van der Waals surface area (Å²) in [7, 11) is 0. The van der Waals surface area contributed by atoms with Crippen LogP contribution in [0.1, 0.15) is 31.7 Å². The molecule has 0 atom stereocenters. The molecule has 1 N–H and O–H groups in total. The SMILES string of the molecule is CCCN(CCO)Cc1c(Cl)c(C)nn1CC. The van der Waals surface area contributed by atoms with Crippen LogP contribution in [0.3, 0.4) is 0 Å². The zero-order valence-corrected chi connectivity index (χ0v) is 11.7. The lowest BCUT2D eigenvalue weighted by Crippen LogP contribution is -2.28. The highest BCUT2D eigenvalue weighted by Crippen LogP contribution is 2.21. The molecule has 0 aliphatic rings. The predicted molar refractivity (Wildman–Crippen MR) is 70.3 cm³/mol. The Bertz CT molecular complexity index is 346. The second-order valence-corrected chi connectivity index (χ2v) is 4.54. The molecule has 0 unspecified atom stereocenters. The van der Waals surface area contributed by atoms with Gasteiger partial charge in [0.2, 0.25) is 0 Å². The topological polar surface area (TPSA) is 41.3 Å². The van der Waals surface area contributed by atoms with Gasteiger partial charge in [-0.05, 0) is 26.8 Å². The molecule has 0 spiro atoms. The van der Waals surface area contributed by atoms with Gasteiger partial charge in [-0.25, -0.2) is 0 Å². The first-order valence-corrected chi connectivity index (χ1v) is 6.56. The van der Waals surface area contributed by atoms with Gasteiger partial charge in [-0.2, -0.15) is 5.10 Å². The zero-order chi connectivity index (χ0) is 12.8. The molecule has 1 aromatic rings. The average molecular weight is 260 g/mol. The summed E-state index contributed by atoms with van der Waals surface area (Å²) in [4.78, 5) is 2.20. The highest BCUT2D eigenvalue weighted by Gasteiger charge is 2.15. The van der Waals surface area contributed by atoms with Gasteiger partial charge in [0.15, 0.2) is 0 Å². The van der Waals surface area contributed by atoms with Gasteiger partial charge >= 0.3 is 0 Å². The van der Waals surface area contributed by atoms with Crippen molar-refractivity contribution in [2.75, 3.05) is 19.7 Å². The first-order chi connectivity index (χ1) is 8.13. The van der Waals surface area contributed by atoms with E-state index in [4.69, 9.17) is 16.7 Å². The lowest BCUT2D eigenvalue weighted by Gasteiger charge is -2.21. The quantitative estimate of drug-likeness (QED) is 0.815. The number of rotatable bonds is 7. The van der Waals surface area contributed by atoms with Gasteiger partial charge in [0.1, 0.15) is 0 Å². The van der Waals surface area contributed by atoms with Crippen LogP contribution in [0.2, 0.25) is 5.02 Å². The molecule has 4 nitrogen and oxygen atoms in total. The maximum atomic E-state index is 9.05. The Morgan fingerprint density at radius 2 is 2.06 bits per heavy atom. The minimum Gasteiger partial charge on any atom is -0.395 e. The van der Waals surface area contributed by atoms with E-state index in [0.717, 1.165) is 42.5 Å². The van der Waals surface area contributed by atoms with Crippen molar-refractivity contribution in [1.29, 1.82) is 0 Å². The van der Waals surface area contributed by atoms with Crippen molar-refractivity contribution in [3.8, 4) is 0 Å². The maximum Gasteiger partial charge on any atom is 0.0860 e. The van der Waals surface area contributed by atoms with Crippen molar-refractivity contribution < 1.29 is 5.11 Å². The fraction of sp³-hybridized carbons (Fsp3) is 0.750. The highest BCUT2D eigenvalue weighted by molar-refractivity contribution is 6.31. The van der Waals surface area contributed by atoms with Crippen molar-refractivity contribution in [2.45, 2.75) is 40.3 Å². The van der Waals surface area contributed by atoms with Crippen molar-refractivity contribution in [1.82, 2.24) is 14.7 Å². The van der Waals surface area contributed by atoms with Crippen LogP contribution < -0.4 is 0 Å². The van der Waals surface area contributed by atoms with Crippen LogP contribution in [-0.4, -0.2) is 39.5 Å². The third-order valence-corrected chi connectivity index (χ3v) is 3.27. The summed E-state index contributed by atoms with van der Waals surface area (Å²) in [6, 6.07) is 0. The molecular weight excluding hydrogens is 238 g/mol. The molecular formula is C12H22ClN3O. The van der Waals surface area contributed by atoms with E-state index in [0.29, 0.717) is 6.54 Å². The van der Waals surface area contributed by atoms with Crippen molar-refractivity contribution in [2.24, 2.45) is 0 Å². The molecule has 0 bridgehead atoms. The fourth-order valence-corrected chi connectivity index (χ4v) is 2.15. The molecule has 0 radical (unpaired) electrons. The van der Waals surface area contributed by atoms with Gasteiger partial charge in [0.25, 0.3) is 0 Å². The third-order valence-electron chi connectivity index (χ3n) is 2.78. The van der Waals surface area contributed by atoms with Crippen LogP contribution >= 0.6 is 11.6 Å². The molecule has 0 aromatic carbocycles. The number of halogens is 1. The zero-order valence-electron chi connectivity index (χ0n) is 10.9. The minimum atomic E-state index is 0.177. The number of aliphatic hydroxyl groups excluding tert-OH is 1. The van der Waals surface area contributed by atoms with Crippen molar-refractivity contribution in [3.63, 3.8) is 0 Å². The summed E-state index contributed by atoms with van der Waals surface area (Å²) in [6.07, 6.45) is 1.07. The van der Waals surface area contributed by atoms with Gasteiger partial charge in [0, 0.05) is 19.6 Å². The van der Waals surface area contributed by atoms with Crippen LogP contribution in [0.15, 0.2) is 0 Å². The fourth-order valence-electron chi connectivity index (χ4n) is 1.96. The number of aromatic nitrogens is 2. The van der Waals surface area contributed by atoms with Gasteiger partial charge in [-0.1, -0.05) is 18.5 Å². The Morgan fingerprint density at radius 1 is 1.35 bits per heavy atom. The van der Waals surface area contributed by atoms with Crippen LogP contribution in [0.5, 0.6) is 0 Å². The largest absolute Gasteiger partial charge is 0.395 e. The van der Waals surface area contributed by atoms with Gasteiger partial charge in [-0.15, -0.1) is 0 Å². The maximum absolute atomic E-state index is 9.05. The lowest BCUT2D eigenvalue weighted by atomic mass is 10.3. The Labute approximate surface area is 108 Å². The molecule has 1 rings (SSSR count). The lowest BCUT2D eigenvalue weighted by molar-refractivity contribution is 0.187. The average Bonchev–Trinajstić information content (AvgIpc) is 2.57. The first-order valence-electron chi connectivity index (χ1n) is 6.19. The van der Waals surface area contributed by atoms with Crippen LogP contribution in [0.25, 0.3) is 0 Å². The van der Waals surface area contributed by atoms with E-state index in [1.807, 2.05) is 11.6 Å². The smallest absolute Gasteiger partial charge is 0.0860 e. The van der Waals surface area contributed by atoms with E-state index in [2.05, 4.69) is 23.8 Å². The highest BCUT2D eigenvalue weighted by atomic mass is 35.5. The Hall–Kier alpha value is -0.580. The van der Waals surface area contributed by atoms with E-state index in [-0.39, 0.29) is 6.61 Å². The van der Waals surface area contributed by atoms with Crippen LogP contribution in [-0.2, 0) is 13.1 Å². The molecule has 5 heteroatoms. The van der Waals surface area contributed by atoms with E-state index in [1.165, 1.54) is 0 Å². The summed E-state index contributed by atoms with van der Waals surface area (Å²) in [6.45, 7) is 9.51. The second-order valence-electron chi connectivity index (χ2n) is 4.16. The Balaban J connectivity index is 2.83. The molecule has 0 amide bonds.